The standard InChI is InChI=1S/C43H76NO9P/c1-3-5-7-9-11-13-15-16-17-18-19-20-21-22-23-24-25-26-28-30-32-34-36-50-37-40(38-51-54(48,49)52-39-41(44)43(46)47)53-42(45)35-33-31-29-27-14-12-10-8-6-4-2/h5,7-8,10-11,13,16-17,19-20,40-41H,3-4,6,9,12,14-15,18,21-39,44H2,1-2H3,(H,46,47)(H,48,49)/b7-5-,10-8-,13-11-,17-16-,20-19-. The highest BCUT2D eigenvalue weighted by molar-refractivity contribution is 7.47. The van der Waals surface area contributed by atoms with Crippen LogP contribution in [0.15, 0.2) is 60.8 Å². The Balaban J connectivity index is 4.18. The van der Waals surface area contributed by atoms with E-state index in [0.717, 1.165) is 96.3 Å². The van der Waals surface area contributed by atoms with Crippen LogP contribution in [-0.2, 0) is 32.7 Å². The summed E-state index contributed by atoms with van der Waals surface area (Å²) in [5.41, 5.74) is 5.34. The number of allylic oxidation sites excluding steroid dienone is 10. The predicted octanol–water partition coefficient (Wildman–Crippen LogP) is 11.3. The van der Waals surface area contributed by atoms with E-state index in [2.05, 4.69) is 74.6 Å². The second-order valence-electron chi connectivity index (χ2n) is 13.7. The van der Waals surface area contributed by atoms with E-state index in [1.54, 1.807) is 0 Å². The highest BCUT2D eigenvalue weighted by atomic mass is 31.2. The lowest BCUT2D eigenvalue weighted by atomic mass is 10.1. The maximum atomic E-state index is 12.5. The van der Waals surface area contributed by atoms with Gasteiger partial charge in [-0.25, -0.2) is 4.57 Å². The van der Waals surface area contributed by atoms with Crippen molar-refractivity contribution in [1.29, 1.82) is 0 Å². The fraction of sp³-hybridized carbons (Fsp3) is 0.721. The third kappa shape index (κ3) is 38.0. The number of carboxylic acids is 1. The van der Waals surface area contributed by atoms with Crippen molar-refractivity contribution in [3.8, 4) is 0 Å². The third-order valence-electron chi connectivity index (χ3n) is 8.51. The number of phosphoric acid groups is 1. The molecule has 0 saturated heterocycles. The molecule has 10 nitrogen and oxygen atoms in total. The molecule has 0 aromatic heterocycles. The van der Waals surface area contributed by atoms with Crippen LogP contribution in [0.2, 0.25) is 0 Å². The first-order valence-corrected chi connectivity index (χ1v) is 22.3. The number of hydrogen-bond acceptors (Lipinski definition) is 8. The van der Waals surface area contributed by atoms with E-state index in [1.807, 2.05) is 0 Å². The van der Waals surface area contributed by atoms with E-state index < -0.39 is 45.1 Å². The number of esters is 1. The Morgan fingerprint density at radius 1 is 0.611 bits per heavy atom. The molecule has 0 radical (unpaired) electrons. The quantitative estimate of drug-likeness (QED) is 0.0237. The number of nitrogens with two attached hydrogens (primary N) is 1. The molecule has 0 bridgehead atoms. The fourth-order valence-electron chi connectivity index (χ4n) is 5.30. The van der Waals surface area contributed by atoms with Crippen molar-refractivity contribution >= 4 is 19.8 Å². The molecule has 3 unspecified atom stereocenters. The molecular weight excluding hydrogens is 705 g/mol. The summed E-state index contributed by atoms with van der Waals surface area (Å²) in [5.74, 6) is -1.80. The number of carboxylic acid groups (broad SMARTS) is 1. The SMILES string of the molecule is CC/C=C\C/C=C\C/C=C\C/C=C\CCCCCCCCCCCOCC(COP(=O)(O)OCC(N)C(=O)O)OC(=O)CCCCCCC/C=C\CCC. The monoisotopic (exact) mass is 782 g/mol. The van der Waals surface area contributed by atoms with Crippen LogP contribution in [0.1, 0.15) is 162 Å². The summed E-state index contributed by atoms with van der Waals surface area (Å²) in [4.78, 5) is 33.4. The maximum Gasteiger partial charge on any atom is 0.472 e. The number of aliphatic carboxylic acids is 1. The van der Waals surface area contributed by atoms with Gasteiger partial charge in [-0.1, -0.05) is 145 Å². The predicted molar refractivity (Wildman–Crippen MR) is 221 cm³/mol. The summed E-state index contributed by atoms with van der Waals surface area (Å²) >= 11 is 0. The summed E-state index contributed by atoms with van der Waals surface area (Å²) in [6.45, 7) is 3.66. The van der Waals surface area contributed by atoms with Crippen LogP contribution in [0.5, 0.6) is 0 Å². The molecular formula is C43H76NO9P. The summed E-state index contributed by atoms with van der Waals surface area (Å²) in [6, 6.07) is -1.48. The van der Waals surface area contributed by atoms with Crippen molar-refractivity contribution in [2.75, 3.05) is 26.4 Å². The van der Waals surface area contributed by atoms with E-state index in [-0.39, 0.29) is 13.0 Å². The smallest absolute Gasteiger partial charge is 0.472 e. The molecule has 0 aliphatic carbocycles. The second-order valence-corrected chi connectivity index (χ2v) is 15.2. The zero-order valence-electron chi connectivity index (χ0n) is 33.8. The summed E-state index contributed by atoms with van der Waals surface area (Å²) in [6.07, 6.45) is 45.7. The Morgan fingerprint density at radius 2 is 1.07 bits per heavy atom. The van der Waals surface area contributed by atoms with Crippen LogP contribution >= 0.6 is 7.82 Å². The van der Waals surface area contributed by atoms with Gasteiger partial charge in [-0.05, 0) is 70.6 Å². The molecule has 0 aliphatic heterocycles. The van der Waals surface area contributed by atoms with Gasteiger partial charge in [0, 0.05) is 13.0 Å². The van der Waals surface area contributed by atoms with Gasteiger partial charge >= 0.3 is 19.8 Å². The van der Waals surface area contributed by atoms with E-state index >= 15 is 0 Å². The molecule has 312 valence electrons. The average Bonchev–Trinajstić information content (AvgIpc) is 3.15. The van der Waals surface area contributed by atoms with Gasteiger partial charge in [0.1, 0.15) is 12.1 Å². The number of carbonyl (C=O) groups is 2. The van der Waals surface area contributed by atoms with Crippen LogP contribution in [0.3, 0.4) is 0 Å². The van der Waals surface area contributed by atoms with Gasteiger partial charge in [-0.2, -0.15) is 0 Å². The average molecular weight is 782 g/mol. The van der Waals surface area contributed by atoms with Crippen LogP contribution in [0.4, 0.5) is 0 Å². The van der Waals surface area contributed by atoms with Crippen LogP contribution < -0.4 is 5.73 Å². The van der Waals surface area contributed by atoms with E-state index in [1.165, 1.54) is 38.5 Å². The second kappa shape index (κ2) is 38.9. The molecule has 0 aliphatic rings. The molecule has 0 spiro atoms. The van der Waals surface area contributed by atoms with E-state index in [4.69, 9.17) is 29.4 Å². The summed E-state index contributed by atoms with van der Waals surface area (Å²) in [7, 11) is -4.62. The Hall–Kier alpha value is -2.33. The summed E-state index contributed by atoms with van der Waals surface area (Å²) in [5, 5.41) is 8.87. The molecule has 0 amide bonds. The summed E-state index contributed by atoms with van der Waals surface area (Å²) < 4.78 is 33.2. The minimum Gasteiger partial charge on any atom is -0.480 e. The van der Waals surface area contributed by atoms with Crippen molar-refractivity contribution in [3.63, 3.8) is 0 Å². The minimum atomic E-state index is -4.62. The van der Waals surface area contributed by atoms with Gasteiger partial charge in [0.05, 0.1) is 19.8 Å². The van der Waals surface area contributed by atoms with Gasteiger partial charge in [-0.3, -0.25) is 18.6 Å². The molecule has 3 atom stereocenters. The number of carbonyl (C=O) groups excluding carboxylic acids is 1. The molecule has 4 N–H and O–H groups in total. The Bertz CT molecular complexity index is 1090. The Labute approximate surface area is 328 Å². The molecule has 0 aromatic rings. The normalized spacial score (nSPS) is 14.6. The topological polar surface area (TPSA) is 155 Å². The molecule has 11 heteroatoms. The zero-order chi connectivity index (χ0) is 39.8. The fourth-order valence-corrected chi connectivity index (χ4v) is 6.08. The highest BCUT2D eigenvalue weighted by Gasteiger charge is 2.27. The van der Waals surface area contributed by atoms with Gasteiger partial charge < -0.3 is 25.2 Å². The van der Waals surface area contributed by atoms with Gasteiger partial charge in [-0.15, -0.1) is 0 Å². The van der Waals surface area contributed by atoms with Crippen molar-refractivity contribution in [1.82, 2.24) is 0 Å². The largest absolute Gasteiger partial charge is 0.480 e. The molecule has 0 saturated carbocycles. The molecule has 0 rings (SSSR count). The lowest BCUT2D eigenvalue weighted by Crippen LogP contribution is -2.34. The van der Waals surface area contributed by atoms with Gasteiger partial charge in [0.2, 0.25) is 0 Å². The first-order chi connectivity index (χ1) is 26.2. The molecule has 0 heterocycles. The lowest BCUT2D eigenvalue weighted by Gasteiger charge is -2.20. The maximum absolute atomic E-state index is 12.5. The van der Waals surface area contributed by atoms with Gasteiger partial charge in [0.25, 0.3) is 0 Å². The minimum absolute atomic E-state index is 0.00679. The number of ether oxygens (including phenoxy) is 2. The van der Waals surface area contributed by atoms with Crippen molar-refractivity contribution < 1.29 is 42.7 Å². The molecule has 54 heavy (non-hydrogen) atoms. The van der Waals surface area contributed by atoms with Gasteiger partial charge in [0.15, 0.2) is 0 Å². The van der Waals surface area contributed by atoms with E-state index in [9.17, 15) is 19.0 Å². The number of rotatable bonds is 39. The van der Waals surface area contributed by atoms with Crippen molar-refractivity contribution in [2.45, 2.75) is 174 Å². The van der Waals surface area contributed by atoms with Crippen LogP contribution in [0, 0.1) is 0 Å². The Morgan fingerprint density at radius 3 is 1.63 bits per heavy atom. The third-order valence-corrected chi connectivity index (χ3v) is 9.46. The number of unbranched alkanes of at least 4 members (excludes halogenated alkanes) is 15. The first-order valence-electron chi connectivity index (χ1n) is 20.8. The highest BCUT2D eigenvalue weighted by Crippen LogP contribution is 2.43. The molecule has 0 aromatic carbocycles. The number of hydrogen-bond donors (Lipinski definition) is 3. The zero-order valence-corrected chi connectivity index (χ0v) is 34.7. The van der Waals surface area contributed by atoms with Crippen LogP contribution in [0.25, 0.3) is 0 Å². The van der Waals surface area contributed by atoms with E-state index in [0.29, 0.717) is 13.0 Å². The molecule has 0 fully saturated rings. The first kappa shape index (κ1) is 51.7. The lowest BCUT2D eigenvalue weighted by molar-refractivity contribution is -0.154. The number of phosphoric ester groups is 1. The van der Waals surface area contributed by atoms with Crippen molar-refractivity contribution in [2.24, 2.45) is 5.73 Å². The van der Waals surface area contributed by atoms with Crippen LogP contribution in [-0.4, -0.2) is 60.5 Å². The van der Waals surface area contributed by atoms with Crippen molar-refractivity contribution in [3.05, 3.63) is 60.8 Å². The Kier molecular flexibility index (Phi) is 37.2.